The molecule has 0 N–H and O–H groups in total. The molecule has 0 spiro atoms. The number of benzene rings is 7. The molecule has 51 heavy (non-hydrogen) atoms. The van der Waals surface area contributed by atoms with Crippen LogP contribution in [0, 0.1) is 0 Å². The largest absolute Gasteiger partial charge is 0.455 e. The van der Waals surface area contributed by atoms with Crippen molar-refractivity contribution in [3.05, 3.63) is 200 Å². The first-order chi connectivity index (χ1) is 25.3. The van der Waals surface area contributed by atoms with E-state index in [-0.39, 0.29) is 6.04 Å². The average Bonchev–Trinajstić information content (AvgIpc) is 3.75. The van der Waals surface area contributed by atoms with Crippen molar-refractivity contribution in [3.8, 4) is 22.3 Å². The third kappa shape index (κ3) is 4.97. The van der Waals surface area contributed by atoms with Crippen LogP contribution < -0.4 is 9.80 Å². The van der Waals surface area contributed by atoms with Gasteiger partial charge in [-0.05, 0) is 82.9 Å². The Bertz CT molecular complexity index is 2580. The van der Waals surface area contributed by atoms with Gasteiger partial charge >= 0.3 is 0 Å². The predicted molar refractivity (Wildman–Crippen MR) is 213 cm³/mol. The molecule has 2 aliphatic rings. The second kappa shape index (κ2) is 12.1. The first-order valence-electron chi connectivity index (χ1n) is 17.6. The zero-order valence-electron chi connectivity index (χ0n) is 27.9. The lowest BCUT2D eigenvalue weighted by molar-refractivity contribution is 0.670. The summed E-state index contributed by atoms with van der Waals surface area (Å²) in [6, 6.07) is 61.1. The van der Waals surface area contributed by atoms with Crippen molar-refractivity contribution in [2.45, 2.75) is 12.0 Å². The maximum atomic E-state index is 6.39. The van der Waals surface area contributed by atoms with Crippen LogP contribution in [0.3, 0.4) is 0 Å². The van der Waals surface area contributed by atoms with E-state index in [1.165, 1.54) is 28.1 Å². The van der Waals surface area contributed by atoms with Gasteiger partial charge in [0.15, 0.2) is 0 Å². The highest BCUT2D eigenvalue weighted by Gasteiger charge is 2.37. The Balaban J connectivity index is 1.04. The molecule has 3 heteroatoms. The van der Waals surface area contributed by atoms with Gasteiger partial charge in [-0.3, -0.25) is 0 Å². The van der Waals surface area contributed by atoms with Crippen molar-refractivity contribution in [2.75, 3.05) is 9.80 Å². The van der Waals surface area contributed by atoms with Crippen LogP contribution in [0.2, 0.25) is 0 Å². The highest BCUT2D eigenvalue weighted by molar-refractivity contribution is 6.09. The fraction of sp³-hybridized carbons (Fsp3) is 0.0417. The summed E-state index contributed by atoms with van der Waals surface area (Å²) in [7, 11) is 0. The molecule has 2 atom stereocenters. The van der Waals surface area contributed by atoms with Crippen molar-refractivity contribution in [3.63, 3.8) is 0 Å². The topological polar surface area (TPSA) is 19.6 Å². The van der Waals surface area contributed by atoms with Gasteiger partial charge in [-0.15, -0.1) is 0 Å². The van der Waals surface area contributed by atoms with Crippen molar-refractivity contribution in [1.82, 2.24) is 0 Å². The quantitative estimate of drug-likeness (QED) is 0.178. The SMILES string of the molecule is C1=CC2c3ccccc3N(c3ccc(N(c4ccc(-c5ccccc5)cc4)c4ccc(-c5cccc6c5oc5ccccc56)cc4)cc3)C2C=C1. The molecule has 3 nitrogen and oxygen atoms in total. The number of allylic oxidation sites excluding steroid dienone is 2. The molecule has 0 radical (unpaired) electrons. The van der Waals surface area contributed by atoms with E-state index in [0.29, 0.717) is 5.92 Å². The number of fused-ring (bicyclic) bond motifs is 6. The number of rotatable bonds is 6. The number of hydrogen-bond acceptors (Lipinski definition) is 3. The normalized spacial score (nSPS) is 16.0. The molecule has 0 bridgehead atoms. The Labute approximate surface area is 297 Å². The van der Waals surface area contributed by atoms with E-state index < -0.39 is 0 Å². The number of hydrogen-bond donors (Lipinski definition) is 0. The maximum absolute atomic E-state index is 6.39. The summed E-state index contributed by atoms with van der Waals surface area (Å²) in [6.07, 6.45) is 9.01. The second-order valence-electron chi connectivity index (χ2n) is 13.3. The fourth-order valence-electron chi connectivity index (χ4n) is 8.00. The van der Waals surface area contributed by atoms with Gasteiger partial charge in [-0.2, -0.15) is 0 Å². The van der Waals surface area contributed by atoms with Crippen LogP contribution in [0.15, 0.2) is 199 Å². The molecule has 2 unspecified atom stereocenters. The Kier molecular flexibility index (Phi) is 6.95. The zero-order valence-corrected chi connectivity index (χ0v) is 27.9. The van der Waals surface area contributed by atoms with E-state index in [9.17, 15) is 0 Å². The van der Waals surface area contributed by atoms with Crippen molar-refractivity contribution < 1.29 is 4.42 Å². The smallest absolute Gasteiger partial charge is 0.143 e. The molecule has 2 heterocycles. The summed E-state index contributed by atoms with van der Waals surface area (Å²) in [4.78, 5) is 4.82. The Morgan fingerprint density at radius 2 is 1.08 bits per heavy atom. The molecular formula is C48H34N2O. The van der Waals surface area contributed by atoms with E-state index >= 15 is 0 Å². The Morgan fingerprint density at radius 3 is 1.86 bits per heavy atom. The third-order valence-corrected chi connectivity index (χ3v) is 10.4. The van der Waals surface area contributed by atoms with Crippen molar-refractivity contribution in [2.24, 2.45) is 0 Å². The molecule has 10 rings (SSSR count). The number of furan rings is 1. The van der Waals surface area contributed by atoms with Crippen LogP contribution >= 0.6 is 0 Å². The summed E-state index contributed by atoms with van der Waals surface area (Å²) in [5.41, 5.74) is 13.6. The molecule has 242 valence electrons. The van der Waals surface area contributed by atoms with Gasteiger partial charge in [0.25, 0.3) is 0 Å². The van der Waals surface area contributed by atoms with Crippen LogP contribution in [0.1, 0.15) is 11.5 Å². The molecule has 7 aromatic carbocycles. The molecule has 0 fully saturated rings. The zero-order chi connectivity index (χ0) is 33.7. The van der Waals surface area contributed by atoms with E-state index in [4.69, 9.17) is 4.42 Å². The first kappa shape index (κ1) is 29.3. The van der Waals surface area contributed by atoms with Crippen LogP contribution in [0.4, 0.5) is 28.4 Å². The first-order valence-corrected chi connectivity index (χ1v) is 17.6. The lowest BCUT2D eigenvalue weighted by Crippen LogP contribution is -2.28. The predicted octanol–water partition coefficient (Wildman–Crippen LogP) is 13.1. The summed E-state index contributed by atoms with van der Waals surface area (Å²) in [5.74, 6) is 0.356. The molecule has 0 saturated heterocycles. The van der Waals surface area contributed by atoms with E-state index in [2.05, 4.69) is 192 Å². The molecule has 1 aliphatic heterocycles. The van der Waals surface area contributed by atoms with Crippen LogP contribution in [0.5, 0.6) is 0 Å². The average molecular weight is 655 g/mol. The Morgan fingerprint density at radius 1 is 0.471 bits per heavy atom. The molecule has 1 aliphatic carbocycles. The Hall–Kier alpha value is -6.58. The van der Waals surface area contributed by atoms with Crippen LogP contribution in [0.25, 0.3) is 44.2 Å². The number of nitrogens with zero attached hydrogens (tertiary/aromatic N) is 2. The number of anilines is 5. The summed E-state index contributed by atoms with van der Waals surface area (Å²) in [6.45, 7) is 0. The van der Waals surface area contributed by atoms with Gasteiger partial charge in [0, 0.05) is 50.7 Å². The summed E-state index contributed by atoms with van der Waals surface area (Å²) >= 11 is 0. The molecule has 8 aromatic rings. The van der Waals surface area contributed by atoms with E-state index in [0.717, 1.165) is 50.1 Å². The molecule has 0 amide bonds. The van der Waals surface area contributed by atoms with E-state index in [1.54, 1.807) is 0 Å². The van der Waals surface area contributed by atoms with Gasteiger partial charge in [0.05, 0.1) is 6.04 Å². The van der Waals surface area contributed by atoms with Crippen molar-refractivity contribution >= 4 is 50.4 Å². The van der Waals surface area contributed by atoms with Gasteiger partial charge in [-0.1, -0.05) is 133 Å². The van der Waals surface area contributed by atoms with Gasteiger partial charge in [0.2, 0.25) is 0 Å². The summed E-state index contributed by atoms with van der Waals surface area (Å²) < 4.78 is 6.39. The number of para-hydroxylation sites is 3. The standard InChI is InChI=1S/C48H34N2O/c1-2-11-33(12-3-1)34-21-25-36(26-22-34)49(37-27-23-35(24-28-37)40-16-10-17-44-43-15-6-9-20-47(43)51-48(40)44)38-29-31-39(32-30-38)50-45-18-7-4-13-41(45)42-14-5-8-19-46(42)50/h1-32,41,45H. The lowest BCUT2D eigenvalue weighted by Gasteiger charge is -2.30. The molecule has 1 aromatic heterocycles. The van der Waals surface area contributed by atoms with Gasteiger partial charge in [0.1, 0.15) is 11.2 Å². The monoisotopic (exact) mass is 654 g/mol. The van der Waals surface area contributed by atoms with Gasteiger partial charge < -0.3 is 14.2 Å². The summed E-state index contributed by atoms with van der Waals surface area (Å²) in [5, 5.41) is 2.28. The highest BCUT2D eigenvalue weighted by atomic mass is 16.3. The highest BCUT2D eigenvalue weighted by Crippen LogP contribution is 2.48. The molecular weight excluding hydrogens is 621 g/mol. The minimum absolute atomic E-state index is 0.267. The third-order valence-electron chi connectivity index (χ3n) is 10.4. The minimum Gasteiger partial charge on any atom is -0.455 e. The fourth-order valence-corrected chi connectivity index (χ4v) is 8.00. The lowest BCUT2D eigenvalue weighted by atomic mass is 9.91. The van der Waals surface area contributed by atoms with E-state index in [1.807, 2.05) is 12.1 Å². The minimum atomic E-state index is 0.267. The van der Waals surface area contributed by atoms with Gasteiger partial charge in [-0.25, -0.2) is 0 Å². The second-order valence-corrected chi connectivity index (χ2v) is 13.3. The van der Waals surface area contributed by atoms with Crippen LogP contribution in [-0.2, 0) is 0 Å². The maximum Gasteiger partial charge on any atom is 0.143 e. The van der Waals surface area contributed by atoms with Crippen molar-refractivity contribution in [1.29, 1.82) is 0 Å². The molecule has 0 saturated carbocycles. The van der Waals surface area contributed by atoms with Crippen LogP contribution in [-0.4, -0.2) is 6.04 Å².